The second-order valence-corrected chi connectivity index (χ2v) is 5.07. The summed E-state index contributed by atoms with van der Waals surface area (Å²) in [4.78, 5) is 12.9. The maximum atomic E-state index is 9.81. The number of imidazole rings is 1. The van der Waals surface area contributed by atoms with Gasteiger partial charge in [0.1, 0.15) is 12.6 Å². The van der Waals surface area contributed by atoms with Gasteiger partial charge in [-0.15, -0.1) is 0 Å². The van der Waals surface area contributed by atoms with Gasteiger partial charge < -0.3 is 15.2 Å². The van der Waals surface area contributed by atoms with Gasteiger partial charge in [0.15, 0.2) is 17.0 Å². The summed E-state index contributed by atoms with van der Waals surface area (Å²) in [5.41, 5.74) is 1.46. The number of anilines is 1. The van der Waals surface area contributed by atoms with Crippen molar-refractivity contribution in [2.45, 2.75) is 45.1 Å². The summed E-state index contributed by atoms with van der Waals surface area (Å²) >= 11 is 0. The molecule has 3 atom stereocenters. The Morgan fingerprint density at radius 1 is 1.45 bits per heavy atom. The molecule has 3 rings (SSSR count). The van der Waals surface area contributed by atoms with Crippen molar-refractivity contribution in [3.63, 3.8) is 0 Å². The third-order valence-electron chi connectivity index (χ3n) is 3.57. The molecule has 1 aliphatic rings. The van der Waals surface area contributed by atoms with E-state index in [1.807, 2.05) is 11.5 Å². The lowest BCUT2D eigenvalue weighted by atomic mass is 10.2. The number of ether oxygens (including phenoxy) is 1. The van der Waals surface area contributed by atoms with Crippen LogP contribution in [0.5, 0.6) is 0 Å². The fraction of sp³-hybridized carbons (Fsp3) is 0.615. The van der Waals surface area contributed by atoms with Gasteiger partial charge in [0.25, 0.3) is 0 Å². The van der Waals surface area contributed by atoms with Crippen molar-refractivity contribution in [1.29, 1.82) is 0 Å². The van der Waals surface area contributed by atoms with Gasteiger partial charge in [-0.25, -0.2) is 15.0 Å². The van der Waals surface area contributed by atoms with Crippen molar-refractivity contribution in [2.75, 3.05) is 11.9 Å². The third-order valence-corrected chi connectivity index (χ3v) is 3.57. The fourth-order valence-electron chi connectivity index (χ4n) is 2.41. The number of fused-ring (bicyclic) bond motifs is 1. The Balaban J connectivity index is 1.94. The van der Waals surface area contributed by atoms with Crippen LogP contribution >= 0.6 is 0 Å². The zero-order valence-corrected chi connectivity index (χ0v) is 11.7. The van der Waals surface area contributed by atoms with Gasteiger partial charge in [-0.3, -0.25) is 4.57 Å². The van der Waals surface area contributed by atoms with Crippen LogP contribution in [-0.4, -0.2) is 43.4 Å². The van der Waals surface area contributed by atoms with Crippen molar-refractivity contribution < 1.29 is 9.84 Å². The maximum Gasteiger partial charge on any atom is 0.167 e. The lowest BCUT2D eigenvalue weighted by molar-refractivity contribution is -0.00632. The largest absolute Gasteiger partial charge is 0.390 e. The third kappa shape index (κ3) is 2.23. The minimum Gasteiger partial charge on any atom is -0.390 e. The molecule has 2 aromatic rings. The number of nitrogens with zero attached hydrogens (tertiary/aromatic N) is 4. The quantitative estimate of drug-likeness (QED) is 0.876. The zero-order valence-electron chi connectivity index (χ0n) is 11.7. The normalized spacial score (nSPS) is 26.2. The van der Waals surface area contributed by atoms with Crippen molar-refractivity contribution >= 4 is 17.0 Å². The molecule has 7 heteroatoms. The van der Waals surface area contributed by atoms with Crippen LogP contribution in [0.3, 0.4) is 0 Å². The van der Waals surface area contributed by atoms with Gasteiger partial charge in [-0.2, -0.15) is 0 Å². The van der Waals surface area contributed by atoms with Crippen molar-refractivity contribution in [3.05, 3.63) is 12.7 Å². The summed E-state index contributed by atoms with van der Waals surface area (Å²) in [6.45, 7) is 4.81. The first-order valence-corrected chi connectivity index (χ1v) is 6.95. The van der Waals surface area contributed by atoms with Crippen LogP contribution in [0.2, 0.25) is 0 Å². The number of aliphatic hydroxyl groups is 1. The molecule has 0 aromatic carbocycles. The molecule has 0 bridgehead atoms. The standard InChI is InChI=1S/C13H19N5O2/c1-3-4-14-12-11-13(16-6-15-12)18(7-17-11)10-5-9(19)8(2)20-10/h6-10,19H,3-5H2,1-2H3,(H,14,15,16)/t8?,9-,10?/m0/s1. The molecule has 7 nitrogen and oxygen atoms in total. The van der Waals surface area contributed by atoms with Crippen LogP contribution < -0.4 is 5.32 Å². The van der Waals surface area contributed by atoms with Crippen LogP contribution in [0.15, 0.2) is 12.7 Å². The summed E-state index contributed by atoms with van der Waals surface area (Å²) in [5.74, 6) is 0.738. The smallest absolute Gasteiger partial charge is 0.167 e. The van der Waals surface area contributed by atoms with Crippen LogP contribution in [-0.2, 0) is 4.74 Å². The van der Waals surface area contributed by atoms with Gasteiger partial charge >= 0.3 is 0 Å². The first kappa shape index (κ1) is 13.3. The molecule has 20 heavy (non-hydrogen) atoms. The molecule has 1 saturated heterocycles. The number of rotatable bonds is 4. The molecule has 0 aliphatic carbocycles. The summed E-state index contributed by atoms with van der Waals surface area (Å²) in [7, 11) is 0. The highest BCUT2D eigenvalue weighted by atomic mass is 16.5. The van der Waals surface area contributed by atoms with Crippen molar-refractivity contribution in [1.82, 2.24) is 19.5 Å². The zero-order chi connectivity index (χ0) is 14.1. The summed E-state index contributed by atoms with van der Waals surface area (Å²) in [6, 6.07) is 0. The highest BCUT2D eigenvalue weighted by molar-refractivity contribution is 5.82. The van der Waals surface area contributed by atoms with E-state index in [0.717, 1.165) is 29.9 Å². The minimum absolute atomic E-state index is 0.169. The highest BCUT2D eigenvalue weighted by Gasteiger charge is 2.32. The number of nitrogens with one attached hydrogen (secondary N) is 1. The molecule has 0 spiro atoms. The number of aromatic nitrogens is 4. The maximum absolute atomic E-state index is 9.81. The van der Waals surface area contributed by atoms with Gasteiger partial charge in [0.05, 0.1) is 18.5 Å². The molecule has 2 unspecified atom stereocenters. The topological polar surface area (TPSA) is 85.1 Å². The average Bonchev–Trinajstić information content (AvgIpc) is 3.01. The van der Waals surface area contributed by atoms with Gasteiger partial charge in [-0.1, -0.05) is 6.92 Å². The lowest BCUT2D eigenvalue weighted by Gasteiger charge is -2.12. The molecule has 108 valence electrons. The van der Waals surface area contributed by atoms with Crippen LogP contribution in [0.4, 0.5) is 5.82 Å². The fourth-order valence-corrected chi connectivity index (χ4v) is 2.41. The number of hydrogen-bond acceptors (Lipinski definition) is 6. The molecule has 0 amide bonds. The molecule has 3 heterocycles. The molecule has 1 aliphatic heterocycles. The summed E-state index contributed by atoms with van der Waals surface area (Å²) in [5, 5.41) is 13.0. The van der Waals surface area contributed by atoms with E-state index in [4.69, 9.17) is 4.74 Å². The average molecular weight is 277 g/mol. The Morgan fingerprint density at radius 2 is 2.30 bits per heavy atom. The van der Waals surface area contributed by atoms with E-state index in [9.17, 15) is 5.11 Å². The van der Waals surface area contributed by atoms with E-state index in [0.29, 0.717) is 6.42 Å². The minimum atomic E-state index is -0.447. The van der Waals surface area contributed by atoms with E-state index < -0.39 is 6.10 Å². The summed E-state index contributed by atoms with van der Waals surface area (Å²) < 4.78 is 7.60. The second kappa shape index (κ2) is 5.34. The van der Waals surface area contributed by atoms with Crippen LogP contribution in [0.25, 0.3) is 11.2 Å². The van der Waals surface area contributed by atoms with Crippen molar-refractivity contribution in [3.8, 4) is 0 Å². The van der Waals surface area contributed by atoms with Crippen LogP contribution in [0.1, 0.15) is 32.9 Å². The molecular formula is C13H19N5O2. The first-order chi connectivity index (χ1) is 9.70. The Labute approximate surface area is 117 Å². The van der Waals surface area contributed by atoms with E-state index in [1.54, 1.807) is 6.33 Å². The van der Waals surface area contributed by atoms with Crippen LogP contribution in [0, 0.1) is 0 Å². The molecular weight excluding hydrogens is 258 g/mol. The predicted molar refractivity (Wildman–Crippen MR) is 74.3 cm³/mol. The van der Waals surface area contributed by atoms with E-state index in [1.165, 1.54) is 6.33 Å². The molecule has 0 radical (unpaired) electrons. The highest BCUT2D eigenvalue weighted by Crippen LogP contribution is 2.31. The molecule has 1 fully saturated rings. The lowest BCUT2D eigenvalue weighted by Crippen LogP contribution is -2.15. The Bertz CT molecular complexity index is 589. The Morgan fingerprint density at radius 3 is 3.00 bits per heavy atom. The Kier molecular flexibility index (Phi) is 3.54. The predicted octanol–water partition coefficient (Wildman–Crippen LogP) is 1.32. The number of aliphatic hydroxyl groups excluding tert-OH is 1. The van der Waals surface area contributed by atoms with Gasteiger partial charge in [0.2, 0.25) is 0 Å². The molecule has 0 saturated carbocycles. The molecule has 2 N–H and O–H groups in total. The Hall–Kier alpha value is -1.73. The van der Waals surface area contributed by atoms with Gasteiger partial charge in [0, 0.05) is 13.0 Å². The van der Waals surface area contributed by atoms with E-state index in [-0.39, 0.29) is 12.3 Å². The van der Waals surface area contributed by atoms with Crippen molar-refractivity contribution in [2.24, 2.45) is 0 Å². The second-order valence-electron chi connectivity index (χ2n) is 5.07. The van der Waals surface area contributed by atoms with Gasteiger partial charge in [-0.05, 0) is 13.3 Å². The van der Waals surface area contributed by atoms with E-state index >= 15 is 0 Å². The monoisotopic (exact) mass is 277 g/mol. The number of hydrogen-bond donors (Lipinski definition) is 2. The SMILES string of the molecule is CCCNc1ncnc2c1ncn2C1C[C@H](O)C(C)O1. The first-order valence-electron chi connectivity index (χ1n) is 6.95. The van der Waals surface area contributed by atoms with E-state index in [2.05, 4.69) is 27.2 Å². The summed E-state index contributed by atoms with van der Waals surface area (Å²) in [6.07, 6.45) is 3.95. The molecule has 2 aromatic heterocycles.